The summed E-state index contributed by atoms with van der Waals surface area (Å²) in [6.45, 7) is 2.58. The summed E-state index contributed by atoms with van der Waals surface area (Å²) in [5.41, 5.74) is 0.718. The minimum absolute atomic E-state index is 0.107. The summed E-state index contributed by atoms with van der Waals surface area (Å²) in [6.07, 6.45) is 3.28. The maximum absolute atomic E-state index is 12.3. The average molecular weight is 278 g/mol. The van der Waals surface area contributed by atoms with Gasteiger partial charge in [0.25, 0.3) is 0 Å². The molecule has 0 saturated heterocycles. The molecule has 1 N–H and O–H groups in total. The normalized spacial score (nSPS) is 16.8. The van der Waals surface area contributed by atoms with Gasteiger partial charge in [0.05, 0.1) is 17.4 Å². The van der Waals surface area contributed by atoms with Crippen LogP contribution in [0.15, 0.2) is 29.2 Å². The molecule has 2 rings (SSSR count). The highest BCUT2D eigenvalue weighted by atomic mass is 32.2. The van der Waals surface area contributed by atoms with Gasteiger partial charge in [-0.05, 0) is 36.3 Å². The van der Waals surface area contributed by atoms with E-state index >= 15 is 0 Å². The van der Waals surface area contributed by atoms with Crippen LogP contribution in [0.5, 0.6) is 0 Å². The van der Waals surface area contributed by atoms with E-state index in [1.54, 1.807) is 24.3 Å². The molecule has 0 bridgehead atoms. The molecule has 1 aliphatic rings. The Labute approximate surface area is 114 Å². The van der Waals surface area contributed by atoms with Crippen molar-refractivity contribution >= 4 is 10.0 Å². The van der Waals surface area contributed by atoms with Crippen molar-refractivity contribution in [1.29, 1.82) is 5.26 Å². The number of nitriles is 1. The lowest BCUT2D eigenvalue weighted by Crippen LogP contribution is -2.30. The second kappa shape index (κ2) is 5.32. The van der Waals surface area contributed by atoms with Crippen molar-refractivity contribution in [2.24, 2.45) is 5.41 Å². The highest BCUT2D eigenvalue weighted by Crippen LogP contribution is 2.48. The Bertz CT molecular complexity index is 598. The van der Waals surface area contributed by atoms with Crippen molar-refractivity contribution in [2.75, 3.05) is 6.54 Å². The number of hydrogen-bond acceptors (Lipinski definition) is 3. The van der Waals surface area contributed by atoms with Gasteiger partial charge < -0.3 is 0 Å². The summed E-state index contributed by atoms with van der Waals surface area (Å²) in [4.78, 5) is 0.225. The number of sulfonamides is 1. The zero-order valence-corrected chi connectivity index (χ0v) is 11.8. The molecular formula is C14H18N2O2S. The van der Waals surface area contributed by atoms with Gasteiger partial charge in [-0.1, -0.05) is 25.1 Å². The van der Waals surface area contributed by atoms with Gasteiger partial charge in [0.1, 0.15) is 0 Å². The zero-order valence-electron chi connectivity index (χ0n) is 11.0. The molecule has 0 atom stereocenters. The van der Waals surface area contributed by atoms with E-state index in [2.05, 4.69) is 11.6 Å². The molecule has 1 fully saturated rings. The molecule has 0 unspecified atom stereocenters. The Balaban J connectivity index is 2.18. The van der Waals surface area contributed by atoms with E-state index in [0.29, 0.717) is 12.1 Å². The van der Waals surface area contributed by atoms with E-state index in [1.807, 2.05) is 6.07 Å². The molecule has 0 spiro atoms. The Morgan fingerprint density at radius 3 is 2.63 bits per heavy atom. The summed E-state index contributed by atoms with van der Waals surface area (Å²) in [6, 6.07) is 8.67. The van der Waals surface area contributed by atoms with Crippen LogP contribution in [-0.4, -0.2) is 15.0 Å². The highest BCUT2D eigenvalue weighted by Gasteiger charge is 2.41. The Morgan fingerprint density at radius 2 is 2.05 bits per heavy atom. The standard InChI is InChI=1S/C14H18N2O2S/c1-2-14(8-9-14)11-16-19(17,18)13-6-4-3-5-12(13)7-10-15/h3-6,16H,2,7-9,11H2,1H3. The van der Waals surface area contributed by atoms with Gasteiger partial charge in [0.15, 0.2) is 0 Å². The SMILES string of the molecule is CCC1(CNS(=O)(=O)c2ccccc2CC#N)CC1. The summed E-state index contributed by atoms with van der Waals surface area (Å²) in [5.74, 6) is 0. The third-order valence-corrected chi connectivity index (χ3v) is 5.38. The van der Waals surface area contributed by atoms with Crippen LogP contribution in [0.25, 0.3) is 0 Å². The lowest BCUT2D eigenvalue weighted by Gasteiger charge is -2.15. The number of rotatable bonds is 6. The fraction of sp³-hybridized carbons (Fsp3) is 0.500. The molecule has 1 aromatic rings. The van der Waals surface area contributed by atoms with Crippen molar-refractivity contribution in [3.63, 3.8) is 0 Å². The molecule has 1 aromatic carbocycles. The number of benzene rings is 1. The van der Waals surface area contributed by atoms with E-state index in [4.69, 9.17) is 5.26 Å². The van der Waals surface area contributed by atoms with Crippen LogP contribution in [0, 0.1) is 16.7 Å². The molecule has 5 heteroatoms. The molecule has 0 heterocycles. The van der Waals surface area contributed by atoms with Gasteiger partial charge in [-0.3, -0.25) is 0 Å². The first kappa shape index (κ1) is 14.0. The number of nitrogens with zero attached hydrogens (tertiary/aromatic N) is 1. The van der Waals surface area contributed by atoms with Crippen molar-refractivity contribution < 1.29 is 8.42 Å². The van der Waals surface area contributed by atoms with Crippen LogP contribution >= 0.6 is 0 Å². The van der Waals surface area contributed by atoms with Gasteiger partial charge in [-0.25, -0.2) is 13.1 Å². The molecule has 1 aliphatic carbocycles. The first-order valence-corrected chi connectivity index (χ1v) is 7.96. The van der Waals surface area contributed by atoms with E-state index < -0.39 is 10.0 Å². The predicted molar refractivity (Wildman–Crippen MR) is 72.9 cm³/mol. The summed E-state index contributed by atoms with van der Waals surface area (Å²) >= 11 is 0. The van der Waals surface area contributed by atoms with Crippen LogP contribution in [0.4, 0.5) is 0 Å². The Kier molecular flexibility index (Phi) is 3.93. The Morgan fingerprint density at radius 1 is 1.37 bits per heavy atom. The number of nitrogens with one attached hydrogen (secondary N) is 1. The van der Waals surface area contributed by atoms with Crippen LogP contribution < -0.4 is 4.72 Å². The Hall–Kier alpha value is -1.38. The summed E-state index contributed by atoms with van der Waals surface area (Å²) in [5, 5.41) is 8.75. The van der Waals surface area contributed by atoms with E-state index in [9.17, 15) is 8.42 Å². The second-order valence-corrected chi connectivity index (χ2v) is 6.86. The van der Waals surface area contributed by atoms with Crippen LogP contribution in [0.2, 0.25) is 0 Å². The minimum Gasteiger partial charge on any atom is -0.211 e. The maximum Gasteiger partial charge on any atom is 0.240 e. The molecule has 102 valence electrons. The molecule has 0 radical (unpaired) electrons. The largest absolute Gasteiger partial charge is 0.240 e. The van der Waals surface area contributed by atoms with Crippen LogP contribution in [-0.2, 0) is 16.4 Å². The lowest BCUT2D eigenvalue weighted by molar-refractivity contribution is 0.475. The van der Waals surface area contributed by atoms with Gasteiger partial charge in [-0.15, -0.1) is 0 Å². The molecule has 1 saturated carbocycles. The van der Waals surface area contributed by atoms with Gasteiger partial charge in [-0.2, -0.15) is 5.26 Å². The number of hydrogen-bond donors (Lipinski definition) is 1. The average Bonchev–Trinajstić information content (AvgIpc) is 3.18. The molecule has 4 nitrogen and oxygen atoms in total. The quantitative estimate of drug-likeness (QED) is 0.867. The third-order valence-electron chi connectivity index (χ3n) is 3.88. The molecule has 0 aliphatic heterocycles. The topological polar surface area (TPSA) is 70.0 Å². The monoisotopic (exact) mass is 278 g/mol. The second-order valence-electron chi connectivity index (χ2n) is 5.12. The first-order chi connectivity index (χ1) is 9.03. The molecule has 19 heavy (non-hydrogen) atoms. The molecular weight excluding hydrogens is 260 g/mol. The van der Waals surface area contributed by atoms with Crippen molar-refractivity contribution in [3.05, 3.63) is 29.8 Å². The van der Waals surface area contributed by atoms with Crippen LogP contribution in [0.1, 0.15) is 31.7 Å². The van der Waals surface area contributed by atoms with Crippen molar-refractivity contribution in [2.45, 2.75) is 37.5 Å². The first-order valence-electron chi connectivity index (χ1n) is 6.47. The summed E-state index contributed by atoms with van der Waals surface area (Å²) in [7, 11) is -3.52. The van der Waals surface area contributed by atoms with Crippen LogP contribution in [0.3, 0.4) is 0 Å². The van der Waals surface area contributed by atoms with E-state index in [1.165, 1.54) is 0 Å². The molecule has 0 aromatic heterocycles. The highest BCUT2D eigenvalue weighted by molar-refractivity contribution is 7.89. The fourth-order valence-electron chi connectivity index (χ4n) is 2.16. The van der Waals surface area contributed by atoms with Crippen molar-refractivity contribution in [1.82, 2.24) is 4.72 Å². The lowest BCUT2D eigenvalue weighted by atomic mass is 10.1. The third kappa shape index (κ3) is 3.14. The van der Waals surface area contributed by atoms with Gasteiger partial charge >= 0.3 is 0 Å². The molecule has 0 amide bonds. The summed E-state index contributed by atoms with van der Waals surface area (Å²) < 4.78 is 27.3. The predicted octanol–water partition coefficient (Wildman–Crippen LogP) is 2.22. The zero-order chi connectivity index (χ0) is 13.9. The van der Waals surface area contributed by atoms with E-state index in [0.717, 1.165) is 19.3 Å². The maximum atomic E-state index is 12.3. The van der Waals surface area contributed by atoms with Crippen molar-refractivity contribution in [3.8, 4) is 6.07 Å². The van der Waals surface area contributed by atoms with Gasteiger partial charge in [0.2, 0.25) is 10.0 Å². The smallest absolute Gasteiger partial charge is 0.211 e. The minimum atomic E-state index is -3.52. The van der Waals surface area contributed by atoms with Gasteiger partial charge in [0, 0.05) is 6.54 Å². The van der Waals surface area contributed by atoms with E-state index in [-0.39, 0.29) is 16.7 Å². The fourth-order valence-corrected chi connectivity index (χ4v) is 3.55.